The molecule has 3 aromatic carbocycles. The molecule has 3 aromatic rings. The van der Waals surface area contributed by atoms with Crippen molar-refractivity contribution < 1.29 is 14.3 Å². The van der Waals surface area contributed by atoms with Crippen molar-refractivity contribution in [2.75, 3.05) is 12.4 Å². The zero-order chi connectivity index (χ0) is 26.4. The van der Waals surface area contributed by atoms with Crippen LogP contribution in [0.5, 0.6) is 11.5 Å². The molecular weight excluding hydrogens is 527 g/mol. The summed E-state index contributed by atoms with van der Waals surface area (Å²) in [6.45, 7) is 6.25. The summed E-state index contributed by atoms with van der Waals surface area (Å²) in [6.07, 6.45) is 5.21. The number of carbonyl (C=O) groups is 1. The van der Waals surface area contributed by atoms with E-state index in [4.69, 9.17) is 32.7 Å². The van der Waals surface area contributed by atoms with Crippen molar-refractivity contribution in [3.05, 3.63) is 104 Å². The van der Waals surface area contributed by atoms with E-state index in [1.807, 2.05) is 36.4 Å². The van der Waals surface area contributed by atoms with Gasteiger partial charge in [0.1, 0.15) is 6.61 Å². The Hall–Kier alpha value is -3.06. The molecule has 0 aliphatic carbocycles. The maximum absolute atomic E-state index is 12.7. The highest BCUT2D eigenvalue weighted by Gasteiger charge is 2.27. The molecule has 1 aliphatic heterocycles. The van der Waals surface area contributed by atoms with Crippen LogP contribution in [0.1, 0.15) is 29.2 Å². The number of methoxy groups -OCH3 is 1. The summed E-state index contributed by atoms with van der Waals surface area (Å²) in [5, 5.41) is 7.44. The fraction of sp³-hybridized carbons (Fsp3) is 0.207. The molecule has 192 valence electrons. The third-order valence-electron chi connectivity index (χ3n) is 5.81. The van der Waals surface area contributed by atoms with E-state index in [0.717, 1.165) is 28.8 Å². The van der Waals surface area contributed by atoms with Gasteiger partial charge in [0.05, 0.1) is 12.0 Å². The lowest BCUT2D eigenvalue weighted by molar-refractivity contribution is -0.116. The van der Waals surface area contributed by atoms with Gasteiger partial charge < -0.3 is 20.1 Å². The molecule has 1 aliphatic rings. The molecule has 0 aromatic heterocycles. The highest BCUT2D eigenvalue weighted by Crippen LogP contribution is 2.37. The second kappa shape index (κ2) is 12.5. The number of hydrogen-bond acceptors (Lipinski definition) is 5. The van der Waals surface area contributed by atoms with Gasteiger partial charge in [-0.3, -0.25) is 4.79 Å². The summed E-state index contributed by atoms with van der Waals surface area (Å²) in [6, 6.07) is 17.3. The van der Waals surface area contributed by atoms with Crippen molar-refractivity contribution in [3.63, 3.8) is 0 Å². The fourth-order valence-corrected chi connectivity index (χ4v) is 5.33. The molecular formula is C29H28Cl2N2O3S. The number of thioether (sulfide) groups is 1. The maximum atomic E-state index is 12.7. The summed E-state index contributed by atoms with van der Waals surface area (Å²) >= 11 is 13.8. The number of carbonyl (C=O) groups excluding carboxylic acids is 1. The van der Waals surface area contributed by atoms with Gasteiger partial charge in [0, 0.05) is 26.9 Å². The van der Waals surface area contributed by atoms with Gasteiger partial charge in [0.25, 0.3) is 5.91 Å². The van der Waals surface area contributed by atoms with Crippen LogP contribution in [0.25, 0.3) is 6.08 Å². The third kappa shape index (κ3) is 6.83. The molecule has 0 unspecified atom stereocenters. The van der Waals surface area contributed by atoms with Crippen LogP contribution in [0.4, 0.5) is 5.69 Å². The molecule has 2 N–H and O–H groups in total. The zero-order valence-corrected chi connectivity index (χ0v) is 23.0. The van der Waals surface area contributed by atoms with Crippen LogP contribution < -0.4 is 20.1 Å². The highest BCUT2D eigenvalue weighted by atomic mass is 35.5. The third-order valence-corrected chi connectivity index (χ3v) is 7.43. The van der Waals surface area contributed by atoms with Crippen molar-refractivity contribution in [1.29, 1.82) is 0 Å². The minimum atomic E-state index is -0.257. The molecule has 4 rings (SSSR count). The van der Waals surface area contributed by atoms with Gasteiger partial charge in [0.2, 0.25) is 0 Å². The Kier molecular flexibility index (Phi) is 9.09. The van der Waals surface area contributed by atoms with Crippen LogP contribution in [0, 0.1) is 0 Å². The van der Waals surface area contributed by atoms with E-state index < -0.39 is 0 Å². The van der Waals surface area contributed by atoms with E-state index in [1.165, 1.54) is 17.3 Å². The smallest absolute Gasteiger partial charge is 0.260 e. The molecule has 0 radical (unpaired) electrons. The van der Waals surface area contributed by atoms with E-state index in [2.05, 4.69) is 36.3 Å². The lowest BCUT2D eigenvalue weighted by atomic mass is 10.0. The molecule has 1 fully saturated rings. The summed E-state index contributed by atoms with van der Waals surface area (Å²) < 4.78 is 11.8. The van der Waals surface area contributed by atoms with E-state index in [9.17, 15) is 4.79 Å². The van der Waals surface area contributed by atoms with Crippen LogP contribution in [0.15, 0.2) is 72.2 Å². The quantitative estimate of drug-likeness (QED) is 0.201. The Bertz CT molecular complexity index is 1330. The molecule has 37 heavy (non-hydrogen) atoms. The normalized spacial score (nSPS) is 15.9. The maximum Gasteiger partial charge on any atom is 0.260 e. The number of allylic oxidation sites excluding steroid dienone is 1. The number of ether oxygens (including phenoxy) is 2. The second-order valence-electron chi connectivity index (χ2n) is 8.40. The number of aryl methyl sites for hydroxylation is 1. The molecule has 1 heterocycles. The number of amides is 1. The van der Waals surface area contributed by atoms with E-state index >= 15 is 0 Å². The van der Waals surface area contributed by atoms with Gasteiger partial charge in [-0.05, 0) is 66.4 Å². The number of benzene rings is 3. The molecule has 1 saturated heterocycles. The Balaban J connectivity index is 1.54. The summed E-state index contributed by atoms with van der Waals surface area (Å²) in [5.74, 6) is 1.04. The second-order valence-corrected chi connectivity index (χ2v) is 10.4. The minimum absolute atomic E-state index is 0.130. The first-order valence-electron chi connectivity index (χ1n) is 11.8. The predicted molar refractivity (Wildman–Crippen MR) is 155 cm³/mol. The monoisotopic (exact) mass is 554 g/mol. The summed E-state index contributed by atoms with van der Waals surface area (Å²) in [4.78, 5) is 13.3. The van der Waals surface area contributed by atoms with Gasteiger partial charge in [0.15, 0.2) is 17.0 Å². The topological polar surface area (TPSA) is 59.6 Å². The Morgan fingerprint density at radius 3 is 2.57 bits per heavy atom. The van der Waals surface area contributed by atoms with Crippen LogP contribution in [0.3, 0.4) is 0 Å². The fourth-order valence-electron chi connectivity index (χ4n) is 3.88. The number of nitrogens with one attached hydrogen (secondary N) is 2. The standard InChI is InChI=1S/C29H28Cl2N2O3S/c1-4-6-20-13-19(14-25(35-3)27(20)36-17-21-9-10-22(30)16-24(21)31)15-26-28(34)33-29(37-26)32-23-11-7-18(5-2)8-12-23/h4,7-16,29,32H,1,5-6,17H2,2-3H3,(H,33,34)/b26-15-/t29-/m1/s1. The average Bonchev–Trinajstić information content (AvgIpc) is 3.22. The molecule has 1 atom stereocenters. The first-order chi connectivity index (χ1) is 17.9. The highest BCUT2D eigenvalue weighted by molar-refractivity contribution is 8.05. The van der Waals surface area contributed by atoms with E-state index in [0.29, 0.717) is 32.9 Å². The van der Waals surface area contributed by atoms with Crippen molar-refractivity contribution in [2.45, 2.75) is 31.9 Å². The van der Waals surface area contributed by atoms with Crippen LogP contribution in [-0.2, 0) is 24.2 Å². The van der Waals surface area contributed by atoms with Gasteiger partial charge >= 0.3 is 0 Å². The SMILES string of the molecule is C=CCc1cc(/C=C2\S[C@H](Nc3ccc(CC)cc3)NC2=O)cc(OC)c1OCc1ccc(Cl)cc1Cl. The summed E-state index contributed by atoms with van der Waals surface area (Å²) in [7, 11) is 1.59. The molecule has 1 amide bonds. The number of halogens is 2. The van der Waals surface area contributed by atoms with Crippen LogP contribution in [0.2, 0.25) is 10.0 Å². The Morgan fingerprint density at radius 2 is 1.89 bits per heavy atom. The first-order valence-corrected chi connectivity index (χ1v) is 13.5. The van der Waals surface area contributed by atoms with Crippen molar-refractivity contribution in [1.82, 2.24) is 5.32 Å². The van der Waals surface area contributed by atoms with Gasteiger partial charge in [-0.1, -0.05) is 66.2 Å². The van der Waals surface area contributed by atoms with Crippen LogP contribution >= 0.6 is 35.0 Å². The molecule has 0 bridgehead atoms. The minimum Gasteiger partial charge on any atom is -0.493 e. The van der Waals surface area contributed by atoms with Gasteiger partial charge in [-0.2, -0.15) is 0 Å². The molecule has 0 saturated carbocycles. The first kappa shape index (κ1) is 27.0. The van der Waals surface area contributed by atoms with E-state index in [1.54, 1.807) is 25.3 Å². The predicted octanol–water partition coefficient (Wildman–Crippen LogP) is 7.47. The van der Waals surface area contributed by atoms with Crippen LogP contribution in [-0.4, -0.2) is 18.5 Å². The molecule has 5 nitrogen and oxygen atoms in total. The zero-order valence-electron chi connectivity index (χ0n) is 20.6. The number of rotatable bonds is 10. The van der Waals surface area contributed by atoms with Crippen molar-refractivity contribution in [3.8, 4) is 11.5 Å². The largest absolute Gasteiger partial charge is 0.493 e. The molecule has 8 heteroatoms. The number of hydrogen-bond donors (Lipinski definition) is 2. The van der Waals surface area contributed by atoms with Crippen molar-refractivity contribution in [2.24, 2.45) is 0 Å². The average molecular weight is 556 g/mol. The Labute approximate surface area is 231 Å². The number of anilines is 1. The van der Waals surface area contributed by atoms with Gasteiger partial charge in [-0.15, -0.1) is 6.58 Å². The lowest BCUT2D eigenvalue weighted by Gasteiger charge is -2.16. The van der Waals surface area contributed by atoms with E-state index in [-0.39, 0.29) is 18.0 Å². The van der Waals surface area contributed by atoms with Crippen molar-refractivity contribution >= 4 is 52.6 Å². The lowest BCUT2D eigenvalue weighted by Crippen LogP contribution is -2.30. The Morgan fingerprint density at radius 1 is 1.11 bits per heavy atom. The van der Waals surface area contributed by atoms with Gasteiger partial charge in [-0.25, -0.2) is 0 Å². The summed E-state index contributed by atoms with van der Waals surface area (Å²) in [5.41, 5.74) is 4.49. The molecule has 0 spiro atoms.